The van der Waals surface area contributed by atoms with Crippen molar-refractivity contribution in [1.82, 2.24) is 0 Å². The highest BCUT2D eigenvalue weighted by Gasteiger charge is 2.07. The number of allylic oxidation sites excluding steroid dienone is 5. The molecule has 0 fully saturated rings. The lowest BCUT2D eigenvalue weighted by Gasteiger charge is -2.13. The van der Waals surface area contributed by atoms with Crippen molar-refractivity contribution in [3.63, 3.8) is 0 Å². The first-order valence-corrected chi connectivity index (χ1v) is 5.06. The van der Waals surface area contributed by atoms with Gasteiger partial charge in [-0.2, -0.15) is 37.9 Å². The molecule has 0 aromatic rings. The van der Waals surface area contributed by atoms with Crippen molar-refractivity contribution in [2.45, 2.75) is 6.42 Å². The molecule has 0 aromatic carbocycles. The Morgan fingerprint density at radius 3 is 2.25 bits per heavy atom. The summed E-state index contributed by atoms with van der Waals surface area (Å²) < 4.78 is 0. The van der Waals surface area contributed by atoms with Crippen LogP contribution >= 0.6 is 37.9 Å². The number of hydrogen-bond acceptors (Lipinski definition) is 3. The maximum absolute atomic E-state index is 4.13. The Balaban J connectivity index is 3.00. The van der Waals surface area contributed by atoms with Gasteiger partial charge in [0.05, 0.1) is 0 Å². The van der Waals surface area contributed by atoms with Gasteiger partial charge in [-0.3, -0.25) is 0 Å². The van der Waals surface area contributed by atoms with Gasteiger partial charge < -0.3 is 0 Å². The Hall–Kier alpha value is 0.01000. The zero-order valence-electron chi connectivity index (χ0n) is 6.44. The van der Waals surface area contributed by atoms with Crippen molar-refractivity contribution in [1.29, 1.82) is 0 Å². The average Bonchev–Trinajstić information content (AvgIpc) is 2.16. The van der Waals surface area contributed by atoms with Crippen molar-refractivity contribution < 1.29 is 0 Å². The number of thiol groups is 3. The van der Waals surface area contributed by atoms with E-state index in [4.69, 9.17) is 0 Å². The van der Waals surface area contributed by atoms with Crippen LogP contribution in [0.5, 0.6) is 0 Å². The van der Waals surface area contributed by atoms with Gasteiger partial charge in [0.25, 0.3) is 0 Å². The van der Waals surface area contributed by atoms with Gasteiger partial charge in [0.2, 0.25) is 0 Å². The third-order valence-electron chi connectivity index (χ3n) is 1.70. The molecule has 0 saturated carbocycles. The smallest absolute Gasteiger partial charge is 0.000963 e. The summed E-state index contributed by atoms with van der Waals surface area (Å²) in [6.45, 7) is 0. The van der Waals surface area contributed by atoms with Gasteiger partial charge in [0.15, 0.2) is 0 Å². The molecule has 0 nitrogen and oxygen atoms in total. The minimum absolute atomic E-state index is 0.885. The van der Waals surface area contributed by atoms with Crippen LogP contribution in [0.3, 0.4) is 0 Å². The Bertz CT molecular complexity index is 282. The predicted octanol–water partition coefficient (Wildman–Crippen LogP) is 3.39. The molecule has 12 heavy (non-hydrogen) atoms. The maximum atomic E-state index is 4.13. The summed E-state index contributed by atoms with van der Waals surface area (Å²) in [4.78, 5) is 0. The minimum Gasteiger partial charge on any atom is -0.151 e. The van der Waals surface area contributed by atoms with Crippen LogP contribution in [0, 0.1) is 0 Å². The first-order chi connectivity index (χ1) is 5.81. The van der Waals surface area contributed by atoms with Crippen molar-refractivity contribution >= 4 is 37.9 Å². The summed E-state index contributed by atoms with van der Waals surface area (Å²) in [7, 11) is 0. The monoisotopic (exact) mass is 214 g/mol. The van der Waals surface area contributed by atoms with Crippen molar-refractivity contribution in [3.05, 3.63) is 45.1 Å². The maximum Gasteiger partial charge on any atom is -0.000963 e. The molecule has 0 aliphatic heterocycles. The van der Waals surface area contributed by atoms with E-state index in [-0.39, 0.29) is 0 Å². The summed E-state index contributed by atoms with van der Waals surface area (Å²) in [5.41, 5.74) is 3.49. The molecule has 0 amide bonds. The van der Waals surface area contributed by atoms with E-state index in [1.54, 1.807) is 5.41 Å². The summed E-state index contributed by atoms with van der Waals surface area (Å²) in [5.74, 6) is 0. The third-order valence-corrected chi connectivity index (χ3v) is 2.62. The molecule has 0 radical (unpaired) electrons. The van der Waals surface area contributed by atoms with E-state index in [9.17, 15) is 0 Å². The molecular formula is C9H10S3. The number of hydrogen-bond donors (Lipinski definition) is 3. The van der Waals surface area contributed by atoms with Crippen LogP contribution < -0.4 is 0 Å². The molecule has 0 N–H and O–H groups in total. The molecule has 0 atom stereocenters. The fraction of sp³-hybridized carbons (Fsp3) is 0.111. The largest absolute Gasteiger partial charge is 0.151 e. The normalized spacial score (nSPS) is 27.4. The van der Waals surface area contributed by atoms with Crippen molar-refractivity contribution in [2.75, 3.05) is 0 Å². The fourth-order valence-electron chi connectivity index (χ4n) is 1.02. The highest BCUT2D eigenvalue weighted by molar-refractivity contribution is 7.83. The Morgan fingerprint density at radius 2 is 1.75 bits per heavy atom. The molecule has 0 spiro atoms. The van der Waals surface area contributed by atoms with E-state index in [2.05, 4.69) is 37.9 Å². The second-order valence-electron chi connectivity index (χ2n) is 2.45. The molecule has 1 aliphatic rings. The summed E-state index contributed by atoms with van der Waals surface area (Å²) in [5, 5.41) is 5.40. The summed E-state index contributed by atoms with van der Waals surface area (Å²) in [6, 6.07) is 0. The Kier molecular flexibility index (Phi) is 4.12. The van der Waals surface area contributed by atoms with E-state index in [0.717, 1.165) is 12.0 Å². The molecule has 0 heterocycles. The second kappa shape index (κ2) is 4.90. The first kappa shape index (κ1) is 10.1. The molecule has 1 rings (SSSR count). The average molecular weight is 214 g/mol. The molecular weight excluding hydrogens is 204 g/mol. The third kappa shape index (κ3) is 2.25. The molecule has 0 bridgehead atoms. The predicted molar refractivity (Wildman–Crippen MR) is 65.0 cm³/mol. The highest BCUT2D eigenvalue weighted by Crippen LogP contribution is 2.27. The summed E-state index contributed by atoms with van der Waals surface area (Å²) >= 11 is 12.3. The van der Waals surface area contributed by atoms with Gasteiger partial charge in [0.1, 0.15) is 0 Å². The van der Waals surface area contributed by atoms with E-state index in [1.165, 1.54) is 11.1 Å². The zero-order valence-corrected chi connectivity index (χ0v) is 9.12. The molecule has 64 valence electrons. The fourth-order valence-corrected chi connectivity index (χ4v) is 1.69. The van der Waals surface area contributed by atoms with Crippen LogP contribution in [0.4, 0.5) is 0 Å². The SMILES string of the molecule is SC=C1C=CC(=CS)C(=CS)C1. The van der Waals surface area contributed by atoms with Crippen molar-refractivity contribution in [3.8, 4) is 0 Å². The lowest BCUT2D eigenvalue weighted by molar-refractivity contribution is 1.16. The Labute approximate surface area is 89.4 Å². The zero-order chi connectivity index (χ0) is 8.97. The van der Waals surface area contributed by atoms with Gasteiger partial charge >= 0.3 is 0 Å². The van der Waals surface area contributed by atoms with Gasteiger partial charge in [-0.05, 0) is 39.4 Å². The molecule has 3 heteroatoms. The van der Waals surface area contributed by atoms with Crippen LogP contribution in [-0.2, 0) is 0 Å². The minimum atomic E-state index is 0.885. The van der Waals surface area contributed by atoms with Crippen molar-refractivity contribution in [2.24, 2.45) is 0 Å². The second-order valence-corrected chi connectivity index (χ2v) is 3.23. The van der Waals surface area contributed by atoms with E-state index < -0.39 is 0 Å². The first-order valence-electron chi connectivity index (χ1n) is 3.51. The van der Waals surface area contributed by atoms with E-state index >= 15 is 0 Å². The van der Waals surface area contributed by atoms with Crippen LogP contribution in [0.1, 0.15) is 6.42 Å². The van der Waals surface area contributed by atoms with Gasteiger partial charge in [0, 0.05) is 0 Å². The number of rotatable bonds is 0. The lowest BCUT2D eigenvalue weighted by Crippen LogP contribution is -1.93. The quantitative estimate of drug-likeness (QED) is 0.506. The van der Waals surface area contributed by atoms with Crippen LogP contribution in [0.15, 0.2) is 45.1 Å². The van der Waals surface area contributed by atoms with Crippen LogP contribution in [-0.4, -0.2) is 0 Å². The molecule has 1 aliphatic carbocycles. The lowest BCUT2D eigenvalue weighted by atomic mass is 9.95. The summed E-state index contributed by atoms with van der Waals surface area (Å²) in [6.07, 6.45) is 4.94. The standard InChI is InChI=1S/C9H10S3/c10-4-7-1-2-8(5-11)9(3-7)6-12/h1-2,4-6,10-12H,3H2. The van der Waals surface area contributed by atoms with Crippen LogP contribution in [0.25, 0.3) is 0 Å². The van der Waals surface area contributed by atoms with Gasteiger partial charge in [-0.25, -0.2) is 0 Å². The Morgan fingerprint density at radius 1 is 1.00 bits per heavy atom. The van der Waals surface area contributed by atoms with Gasteiger partial charge in [-0.1, -0.05) is 12.2 Å². The van der Waals surface area contributed by atoms with Crippen LogP contribution in [0.2, 0.25) is 0 Å². The van der Waals surface area contributed by atoms with E-state index in [0.29, 0.717) is 0 Å². The van der Waals surface area contributed by atoms with Gasteiger partial charge in [-0.15, -0.1) is 0 Å². The molecule has 0 saturated heterocycles. The highest BCUT2D eigenvalue weighted by atomic mass is 32.1. The molecule has 0 aromatic heterocycles. The topological polar surface area (TPSA) is 0 Å². The molecule has 0 unspecified atom stereocenters. The van der Waals surface area contributed by atoms with E-state index in [1.807, 2.05) is 23.0 Å².